The van der Waals surface area contributed by atoms with Crippen molar-refractivity contribution in [1.29, 1.82) is 0 Å². The number of nitrogens with zero attached hydrogens (tertiary/aromatic N) is 1. The summed E-state index contributed by atoms with van der Waals surface area (Å²) < 4.78 is 0. The molecule has 4 heteroatoms. The Balaban J connectivity index is 1.80. The van der Waals surface area contributed by atoms with Crippen molar-refractivity contribution in [1.82, 2.24) is 0 Å². The fourth-order valence-corrected chi connectivity index (χ4v) is 3.05. The highest BCUT2D eigenvalue weighted by Crippen LogP contribution is 2.26. The predicted octanol–water partition coefficient (Wildman–Crippen LogP) is 3.56. The van der Waals surface area contributed by atoms with Gasteiger partial charge in [0.1, 0.15) is 6.04 Å². The first kappa shape index (κ1) is 16.2. The van der Waals surface area contributed by atoms with Crippen LogP contribution < -0.4 is 10.2 Å². The van der Waals surface area contributed by atoms with Crippen LogP contribution in [-0.4, -0.2) is 17.9 Å². The SMILES string of the molecule is CCc1ccc(N2C(=O)C[C@H](Nc3ccccc3CC)C2=O)cc1. The van der Waals surface area contributed by atoms with Crippen LogP contribution in [-0.2, 0) is 22.4 Å². The van der Waals surface area contributed by atoms with Crippen molar-refractivity contribution in [3.05, 3.63) is 59.7 Å². The standard InChI is InChI=1S/C20H22N2O2/c1-3-14-9-11-16(12-10-14)22-19(23)13-18(20(22)24)21-17-8-6-5-7-15(17)4-2/h5-12,18,21H,3-4,13H2,1-2H3/t18-/m0/s1. The van der Waals surface area contributed by atoms with Crippen LogP contribution in [0, 0.1) is 0 Å². The quantitative estimate of drug-likeness (QED) is 0.856. The fraction of sp³-hybridized carbons (Fsp3) is 0.300. The molecule has 1 fully saturated rings. The van der Waals surface area contributed by atoms with Crippen LogP contribution in [0.4, 0.5) is 11.4 Å². The Labute approximate surface area is 142 Å². The van der Waals surface area contributed by atoms with Gasteiger partial charge in [-0.3, -0.25) is 9.59 Å². The third kappa shape index (κ3) is 3.04. The summed E-state index contributed by atoms with van der Waals surface area (Å²) in [4.78, 5) is 26.4. The lowest BCUT2D eigenvalue weighted by atomic mass is 10.1. The number of carbonyl (C=O) groups is 2. The van der Waals surface area contributed by atoms with E-state index in [1.54, 1.807) is 0 Å². The molecule has 2 aromatic rings. The number of benzene rings is 2. The van der Waals surface area contributed by atoms with Crippen molar-refractivity contribution < 1.29 is 9.59 Å². The lowest BCUT2D eigenvalue weighted by molar-refractivity contribution is -0.121. The van der Waals surface area contributed by atoms with Crippen LogP contribution in [0.1, 0.15) is 31.4 Å². The number of amides is 2. The third-order valence-corrected chi connectivity index (χ3v) is 4.48. The van der Waals surface area contributed by atoms with E-state index in [4.69, 9.17) is 0 Å². The summed E-state index contributed by atoms with van der Waals surface area (Å²) in [5, 5.41) is 3.25. The Kier molecular flexibility index (Phi) is 4.65. The number of carbonyl (C=O) groups excluding carboxylic acids is 2. The van der Waals surface area contributed by atoms with E-state index in [2.05, 4.69) is 19.2 Å². The van der Waals surface area contributed by atoms with Crippen LogP contribution in [0.25, 0.3) is 0 Å². The van der Waals surface area contributed by atoms with E-state index < -0.39 is 6.04 Å². The zero-order chi connectivity index (χ0) is 17.1. The second-order valence-electron chi connectivity index (χ2n) is 6.00. The van der Waals surface area contributed by atoms with Gasteiger partial charge < -0.3 is 5.32 Å². The largest absolute Gasteiger partial charge is 0.373 e. The molecule has 2 aromatic carbocycles. The zero-order valence-corrected chi connectivity index (χ0v) is 14.1. The Hall–Kier alpha value is -2.62. The van der Waals surface area contributed by atoms with Gasteiger partial charge in [-0.2, -0.15) is 0 Å². The normalized spacial score (nSPS) is 17.4. The number of hydrogen-bond acceptors (Lipinski definition) is 3. The minimum atomic E-state index is -0.504. The molecular weight excluding hydrogens is 300 g/mol. The van der Waals surface area contributed by atoms with Crippen LogP contribution in [0.3, 0.4) is 0 Å². The summed E-state index contributed by atoms with van der Waals surface area (Å²) in [5.41, 5.74) is 3.90. The minimum absolute atomic E-state index is 0.157. The van der Waals surface area contributed by atoms with E-state index in [9.17, 15) is 9.59 Å². The summed E-state index contributed by atoms with van der Waals surface area (Å²) in [5.74, 6) is -0.342. The van der Waals surface area contributed by atoms with E-state index in [1.165, 1.54) is 10.5 Å². The molecule has 0 aromatic heterocycles. The molecule has 0 radical (unpaired) electrons. The van der Waals surface area contributed by atoms with Gasteiger partial charge in [-0.25, -0.2) is 4.90 Å². The lowest BCUT2D eigenvalue weighted by Gasteiger charge is -2.17. The molecule has 1 heterocycles. The molecule has 0 aliphatic carbocycles. The van der Waals surface area contributed by atoms with Crippen LogP contribution in [0.5, 0.6) is 0 Å². The first-order valence-electron chi connectivity index (χ1n) is 8.44. The van der Waals surface area contributed by atoms with Gasteiger partial charge in [0.15, 0.2) is 0 Å². The van der Waals surface area contributed by atoms with Gasteiger partial charge in [-0.1, -0.05) is 44.2 Å². The molecule has 0 spiro atoms. The molecule has 124 valence electrons. The van der Waals surface area contributed by atoms with Gasteiger partial charge >= 0.3 is 0 Å². The predicted molar refractivity (Wildman–Crippen MR) is 96.2 cm³/mol. The maximum Gasteiger partial charge on any atom is 0.256 e. The molecule has 3 rings (SSSR count). The average molecular weight is 322 g/mol. The van der Waals surface area contributed by atoms with Crippen molar-refractivity contribution in [3.63, 3.8) is 0 Å². The summed E-state index contributed by atoms with van der Waals surface area (Å²) in [6, 6.07) is 15.0. The number of nitrogens with one attached hydrogen (secondary N) is 1. The molecule has 4 nitrogen and oxygen atoms in total. The maximum atomic E-state index is 12.7. The molecule has 1 atom stereocenters. The molecule has 1 N–H and O–H groups in total. The summed E-state index contributed by atoms with van der Waals surface area (Å²) in [6.45, 7) is 4.15. The number of anilines is 2. The van der Waals surface area contributed by atoms with Crippen LogP contribution in [0.15, 0.2) is 48.5 Å². The van der Waals surface area contributed by atoms with E-state index >= 15 is 0 Å². The van der Waals surface area contributed by atoms with E-state index in [0.29, 0.717) is 5.69 Å². The lowest BCUT2D eigenvalue weighted by Crippen LogP contribution is -2.35. The Morgan fingerprint density at radius 1 is 1.00 bits per heavy atom. The minimum Gasteiger partial charge on any atom is -0.373 e. The van der Waals surface area contributed by atoms with Crippen molar-refractivity contribution >= 4 is 23.2 Å². The highest BCUT2D eigenvalue weighted by atomic mass is 16.2. The molecule has 2 amide bonds. The molecule has 1 aliphatic heterocycles. The van der Waals surface area contributed by atoms with Crippen molar-refractivity contribution in [2.45, 2.75) is 39.2 Å². The smallest absolute Gasteiger partial charge is 0.256 e. The first-order chi connectivity index (χ1) is 11.6. The molecular formula is C20H22N2O2. The van der Waals surface area contributed by atoms with Gasteiger partial charge in [0, 0.05) is 5.69 Å². The Bertz CT molecular complexity index is 752. The van der Waals surface area contributed by atoms with Crippen molar-refractivity contribution in [2.24, 2.45) is 0 Å². The topological polar surface area (TPSA) is 49.4 Å². The highest BCUT2D eigenvalue weighted by Gasteiger charge is 2.39. The van der Waals surface area contributed by atoms with Crippen LogP contribution in [0.2, 0.25) is 0 Å². The number of imide groups is 1. The zero-order valence-electron chi connectivity index (χ0n) is 14.1. The second-order valence-corrected chi connectivity index (χ2v) is 6.00. The third-order valence-electron chi connectivity index (χ3n) is 4.48. The fourth-order valence-electron chi connectivity index (χ4n) is 3.05. The van der Waals surface area contributed by atoms with Crippen molar-refractivity contribution in [3.8, 4) is 0 Å². The second kappa shape index (κ2) is 6.87. The molecule has 1 aliphatic rings. The number of para-hydroxylation sites is 1. The number of aryl methyl sites for hydroxylation is 2. The summed E-state index contributed by atoms with van der Waals surface area (Å²) in [7, 11) is 0. The molecule has 24 heavy (non-hydrogen) atoms. The Morgan fingerprint density at radius 3 is 2.38 bits per heavy atom. The monoisotopic (exact) mass is 322 g/mol. The molecule has 0 bridgehead atoms. The Morgan fingerprint density at radius 2 is 1.71 bits per heavy atom. The van der Waals surface area contributed by atoms with Crippen molar-refractivity contribution in [2.75, 3.05) is 10.2 Å². The summed E-state index contributed by atoms with van der Waals surface area (Å²) in [6.07, 6.45) is 1.99. The van der Waals surface area contributed by atoms with E-state index in [1.807, 2.05) is 48.5 Å². The average Bonchev–Trinajstić information content (AvgIpc) is 2.89. The molecule has 0 saturated carbocycles. The van der Waals surface area contributed by atoms with Gasteiger partial charge in [-0.05, 0) is 42.2 Å². The molecule has 1 saturated heterocycles. The number of rotatable bonds is 5. The van der Waals surface area contributed by atoms with E-state index in [-0.39, 0.29) is 18.2 Å². The molecule has 0 unspecified atom stereocenters. The van der Waals surface area contributed by atoms with Gasteiger partial charge in [-0.15, -0.1) is 0 Å². The first-order valence-corrected chi connectivity index (χ1v) is 8.44. The maximum absolute atomic E-state index is 12.7. The summed E-state index contributed by atoms with van der Waals surface area (Å²) >= 11 is 0. The van der Waals surface area contributed by atoms with E-state index in [0.717, 1.165) is 24.1 Å². The number of hydrogen-bond donors (Lipinski definition) is 1. The van der Waals surface area contributed by atoms with Gasteiger partial charge in [0.25, 0.3) is 5.91 Å². The van der Waals surface area contributed by atoms with Gasteiger partial charge in [0.05, 0.1) is 12.1 Å². The van der Waals surface area contributed by atoms with Gasteiger partial charge in [0.2, 0.25) is 5.91 Å². The van der Waals surface area contributed by atoms with Crippen LogP contribution >= 0.6 is 0 Å². The highest BCUT2D eigenvalue weighted by molar-refractivity contribution is 6.23.